The van der Waals surface area contributed by atoms with Crippen LogP contribution in [0, 0.1) is 0 Å². The Morgan fingerprint density at radius 2 is 1.79 bits per heavy atom. The van der Waals surface area contributed by atoms with Crippen molar-refractivity contribution in [2.75, 3.05) is 24.3 Å². The third kappa shape index (κ3) is 2.99. The van der Waals surface area contributed by atoms with Crippen LogP contribution in [0.1, 0.15) is 12.5 Å². The van der Waals surface area contributed by atoms with Gasteiger partial charge in [-0.3, -0.25) is 0 Å². The van der Waals surface area contributed by atoms with Crippen molar-refractivity contribution in [2.24, 2.45) is 0 Å². The molecular weight excluding hydrogens is 236 g/mol. The van der Waals surface area contributed by atoms with Crippen LogP contribution in [-0.4, -0.2) is 13.7 Å². The summed E-state index contributed by atoms with van der Waals surface area (Å²) in [5.74, 6) is 0.726. The van der Waals surface area contributed by atoms with Crippen LogP contribution in [0.2, 0.25) is 0 Å². The number of para-hydroxylation sites is 1. The predicted molar refractivity (Wildman–Crippen MR) is 80.6 cm³/mol. The highest BCUT2D eigenvalue weighted by Crippen LogP contribution is 2.32. The molecule has 0 unspecified atom stereocenters. The van der Waals surface area contributed by atoms with Crippen LogP contribution >= 0.6 is 0 Å². The van der Waals surface area contributed by atoms with Gasteiger partial charge in [-0.15, -0.1) is 0 Å². The average molecular weight is 256 g/mol. The first-order chi connectivity index (χ1) is 9.26. The van der Waals surface area contributed by atoms with Crippen LogP contribution in [0.5, 0.6) is 5.75 Å². The molecule has 0 amide bonds. The van der Waals surface area contributed by atoms with Gasteiger partial charge in [0.15, 0.2) is 0 Å². The van der Waals surface area contributed by atoms with Crippen molar-refractivity contribution in [3.63, 3.8) is 0 Å². The molecule has 0 aliphatic carbocycles. The van der Waals surface area contributed by atoms with E-state index in [0.717, 1.165) is 24.5 Å². The summed E-state index contributed by atoms with van der Waals surface area (Å²) in [5.41, 5.74) is 9.14. The van der Waals surface area contributed by atoms with Crippen molar-refractivity contribution in [1.82, 2.24) is 0 Å². The lowest BCUT2D eigenvalue weighted by Gasteiger charge is -2.25. The van der Waals surface area contributed by atoms with Crippen molar-refractivity contribution in [2.45, 2.75) is 13.5 Å². The molecule has 0 aliphatic heterocycles. The standard InChI is InChI=1S/C16H20N2O/c1-3-18(12-13-8-5-4-6-9-13)14-10-7-11-15(19-2)16(14)17/h4-11H,3,12,17H2,1-2H3. The minimum Gasteiger partial charge on any atom is -0.495 e. The van der Waals surface area contributed by atoms with Crippen molar-refractivity contribution >= 4 is 11.4 Å². The summed E-state index contributed by atoms with van der Waals surface area (Å²) in [7, 11) is 1.64. The maximum Gasteiger partial charge on any atom is 0.143 e. The van der Waals surface area contributed by atoms with E-state index < -0.39 is 0 Å². The molecule has 19 heavy (non-hydrogen) atoms. The number of nitrogens with two attached hydrogens (primary N) is 1. The highest BCUT2D eigenvalue weighted by atomic mass is 16.5. The maximum absolute atomic E-state index is 6.16. The van der Waals surface area contributed by atoms with E-state index in [9.17, 15) is 0 Å². The van der Waals surface area contributed by atoms with Gasteiger partial charge in [-0.2, -0.15) is 0 Å². The van der Waals surface area contributed by atoms with Crippen LogP contribution in [-0.2, 0) is 6.54 Å². The first-order valence-electron chi connectivity index (χ1n) is 6.47. The Labute approximate surface area is 114 Å². The molecule has 100 valence electrons. The lowest BCUT2D eigenvalue weighted by molar-refractivity contribution is 0.417. The first-order valence-corrected chi connectivity index (χ1v) is 6.47. The van der Waals surface area contributed by atoms with Crippen LogP contribution in [0.25, 0.3) is 0 Å². The smallest absolute Gasteiger partial charge is 0.143 e. The molecule has 0 saturated carbocycles. The Hall–Kier alpha value is -2.16. The number of nitrogen functional groups attached to an aromatic ring is 1. The number of hydrogen-bond acceptors (Lipinski definition) is 3. The Bertz CT molecular complexity index is 526. The number of benzene rings is 2. The molecule has 2 aromatic carbocycles. The van der Waals surface area contributed by atoms with Gasteiger partial charge in [0.05, 0.1) is 18.5 Å². The normalized spacial score (nSPS) is 10.2. The van der Waals surface area contributed by atoms with Gasteiger partial charge in [-0.1, -0.05) is 36.4 Å². The Morgan fingerprint density at radius 3 is 2.42 bits per heavy atom. The van der Waals surface area contributed by atoms with Crippen LogP contribution < -0.4 is 15.4 Å². The number of methoxy groups -OCH3 is 1. The molecule has 0 spiro atoms. The molecule has 0 heterocycles. The summed E-state index contributed by atoms with van der Waals surface area (Å²) in [6.07, 6.45) is 0. The molecule has 0 radical (unpaired) electrons. The fourth-order valence-corrected chi connectivity index (χ4v) is 2.16. The van der Waals surface area contributed by atoms with E-state index in [1.165, 1.54) is 5.56 Å². The molecule has 2 N–H and O–H groups in total. The van der Waals surface area contributed by atoms with Gasteiger partial charge in [0.1, 0.15) is 5.75 Å². The highest BCUT2D eigenvalue weighted by molar-refractivity contribution is 5.74. The van der Waals surface area contributed by atoms with Crippen LogP contribution in [0.15, 0.2) is 48.5 Å². The third-order valence-corrected chi connectivity index (χ3v) is 3.20. The molecule has 3 heteroatoms. The number of anilines is 2. The SMILES string of the molecule is CCN(Cc1ccccc1)c1cccc(OC)c1N. The van der Waals surface area contributed by atoms with E-state index >= 15 is 0 Å². The monoisotopic (exact) mass is 256 g/mol. The summed E-state index contributed by atoms with van der Waals surface area (Å²) < 4.78 is 5.28. The zero-order valence-electron chi connectivity index (χ0n) is 11.5. The summed E-state index contributed by atoms with van der Waals surface area (Å²) in [6.45, 7) is 3.86. The van der Waals surface area contributed by atoms with E-state index in [2.05, 4.69) is 36.1 Å². The molecular formula is C16H20N2O. The fraction of sp³-hybridized carbons (Fsp3) is 0.250. The highest BCUT2D eigenvalue weighted by Gasteiger charge is 2.11. The summed E-state index contributed by atoms with van der Waals surface area (Å²) in [4.78, 5) is 2.24. The lowest BCUT2D eigenvalue weighted by atomic mass is 10.1. The van der Waals surface area contributed by atoms with E-state index in [1.807, 2.05) is 24.3 Å². The zero-order chi connectivity index (χ0) is 13.7. The molecule has 0 aromatic heterocycles. The average Bonchev–Trinajstić information content (AvgIpc) is 2.46. The molecule has 3 nitrogen and oxygen atoms in total. The lowest BCUT2D eigenvalue weighted by Crippen LogP contribution is -2.23. The number of rotatable bonds is 5. The minimum absolute atomic E-state index is 0.697. The Balaban J connectivity index is 2.27. The minimum atomic E-state index is 0.697. The van der Waals surface area contributed by atoms with E-state index in [1.54, 1.807) is 7.11 Å². The van der Waals surface area contributed by atoms with Gasteiger partial charge < -0.3 is 15.4 Å². The molecule has 2 rings (SSSR count). The van der Waals surface area contributed by atoms with Crippen LogP contribution in [0.3, 0.4) is 0 Å². The van der Waals surface area contributed by atoms with E-state index in [0.29, 0.717) is 5.69 Å². The van der Waals surface area contributed by atoms with Gasteiger partial charge in [0.2, 0.25) is 0 Å². The first kappa shape index (κ1) is 13.3. The molecule has 0 fully saturated rings. The summed E-state index contributed by atoms with van der Waals surface area (Å²) >= 11 is 0. The fourth-order valence-electron chi connectivity index (χ4n) is 2.16. The quantitative estimate of drug-likeness (QED) is 0.834. The van der Waals surface area contributed by atoms with Crippen molar-refractivity contribution in [3.05, 3.63) is 54.1 Å². The van der Waals surface area contributed by atoms with Gasteiger partial charge in [0, 0.05) is 13.1 Å². The number of hydrogen-bond donors (Lipinski definition) is 1. The van der Waals surface area contributed by atoms with Gasteiger partial charge >= 0.3 is 0 Å². The second-order valence-electron chi connectivity index (χ2n) is 4.39. The molecule has 2 aromatic rings. The second kappa shape index (κ2) is 6.14. The number of ether oxygens (including phenoxy) is 1. The van der Waals surface area contributed by atoms with Crippen molar-refractivity contribution in [1.29, 1.82) is 0 Å². The molecule has 0 atom stereocenters. The Morgan fingerprint density at radius 1 is 1.05 bits per heavy atom. The van der Waals surface area contributed by atoms with Gasteiger partial charge in [-0.25, -0.2) is 0 Å². The molecule has 0 aliphatic rings. The van der Waals surface area contributed by atoms with Gasteiger partial charge in [-0.05, 0) is 24.6 Å². The number of nitrogens with zero attached hydrogens (tertiary/aromatic N) is 1. The van der Waals surface area contributed by atoms with E-state index in [4.69, 9.17) is 10.5 Å². The summed E-state index contributed by atoms with van der Waals surface area (Å²) in [6, 6.07) is 16.3. The topological polar surface area (TPSA) is 38.5 Å². The van der Waals surface area contributed by atoms with Crippen molar-refractivity contribution in [3.8, 4) is 5.75 Å². The second-order valence-corrected chi connectivity index (χ2v) is 4.39. The van der Waals surface area contributed by atoms with Crippen LogP contribution in [0.4, 0.5) is 11.4 Å². The molecule has 0 saturated heterocycles. The van der Waals surface area contributed by atoms with Gasteiger partial charge in [0.25, 0.3) is 0 Å². The predicted octanol–water partition coefficient (Wildman–Crippen LogP) is 3.30. The largest absolute Gasteiger partial charge is 0.495 e. The Kier molecular flexibility index (Phi) is 4.29. The molecule has 0 bridgehead atoms. The van der Waals surface area contributed by atoms with E-state index in [-0.39, 0.29) is 0 Å². The van der Waals surface area contributed by atoms with Crippen molar-refractivity contribution < 1.29 is 4.74 Å². The zero-order valence-corrected chi connectivity index (χ0v) is 11.5. The third-order valence-electron chi connectivity index (χ3n) is 3.20. The summed E-state index contributed by atoms with van der Waals surface area (Å²) in [5, 5.41) is 0. The maximum atomic E-state index is 6.16.